The van der Waals surface area contributed by atoms with Crippen LogP contribution in [-0.2, 0) is 0 Å². The van der Waals surface area contributed by atoms with E-state index in [4.69, 9.17) is 34.7 Å². The molecule has 0 saturated carbocycles. The Morgan fingerprint density at radius 1 is 1.17 bits per heavy atom. The molecule has 0 unspecified atom stereocenters. The van der Waals surface area contributed by atoms with E-state index in [1.54, 1.807) is 12.1 Å². The third kappa shape index (κ3) is 2.90. The van der Waals surface area contributed by atoms with E-state index in [2.05, 4.69) is 9.97 Å². The maximum Gasteiger partial charge on any atom is 0.253 e. The van der Waals surface area contributed by atoms with Crippen molar-refractivity contribution in [3.63, 3.8) is 0 Å². The van der Waals surface area contributed by atoms with Crippen LogP contribution in [-0.4, -0.2) is 9.97 Å². The predicted molar refractivity (Wildman–Crippen MR) is 74.3 cm³/mol. The first-order valence-corrected chi connectivity index (χ1v) is 6.32. The molecule has 2 aromatic rings. The van der Waals surface area contributed by atoms with Crippen LogP contribution in [0.15, 0.2) is 33.0 Å². The van der Waals surface area contributed by atoms with Gasteiger partial charge in [-0.2, -0.15) is 0 Å². The number of nitrogens with one attached hydrogen (secondary N) is 1. The fourth-order valence-electron chi connectivity index (χ4n) is 1.28. The van der Waals surface area contributed by atoms with Gasteiger partial charge in [-0.15, -0.1) is 0 Å². The summed E-state index contributed by atoms with van der Waals surface area (Å²) >= 11 is 13.2. The van der Waals surface area contributed by atoms with E-state index >= 15 is 0 Å². The molecule has 5 N–H and O–H groups in total. The van der Waals surface area contributed by atoms with E-state index in [-0.39, 0.29) is 11.4 Å². The summed E-state index contributed by atoms with van der Waals surface area (Å²) in [5.74, 6) is 0.129. The highest BCUT2D eigenvalue weighted by molar-refractivity contribution is 7.99. The summed E-state index contributed by atoms with van der Waals surface area (Å²) in [6, 6.07) is 4.33. The zero-order chi connectivity index (χ0) is 13.3. The minimum Gasteiger partial charge on any atom is -0.399 e. The van der Waals surface area contributed by atoms with Gasteiger partial charge in [0.25, 0.3) is 5.56 Å². The number of rotatable bonds is 2. The average molecular weight is 303 g/mol. The van der Waals surface area contributed by atoms with Crippen LogP contribution in [0.3, 0.4) is 0 Å². The Kier molecular flexibility index (Phi) is 3.70. The van der Waals surface area contributed by atoms with Crippen LogP contribution >= 0.6 is 35.0 Å². The number of aromatic nitrogens is 2. The van der Waals surface area contributed by atoms with Crippen molar-refractivity contribution in [2.45, 2.75) is 10.1 Å². The van der Waals surface area contributed by atoms with Crippen LogP contribution in [0, 0.1) is 0 Å². The molecule has 2 rings (SSSR count). The first-order chi connectivity index (χ1) is 8.45. The van der Waals surface area contributed by atoms with Gasteiger partial charge in [-0.25, -0.2) is 4.98 Å². The zero-order valence-electron chi connectivity index (χ0n) is 8.91. The van der Waals surface area contributed by atoms with Gasteiger partial charge in [-0.05, 0) is 23.9 Å². The lowest BCUT2D eigenvalue weighted by Crippen LogP contribution is -2.09. The number of nitrogen functional groups attached to an aromatic ring is 2. The van der Waals surface area contributed by atoms with Crippen LogP contribution in [0.2, 0.25) is 10.0 Å². The molecule has 0 saturated heterocycles. The van der Waals surface area contributed by atoms with Crippen molar-refractivity contribution in [3.8, 4) is 0 Å². The van der Waals surface area contributed by atoms with Gasteiger partial charge in [-0.3, -0.25) is 4.79 Å². The van der Waals surface area contributed by atoms with Gasteiger partial charge >= 0.3 is 0 Å². The molecule has 0 bridgehead atoms. The number of nitrogens with two attached hydrogens (primary N) is 2. The van der Waals surface area contributed by atoms with Crippen molar-refractivity contribution in [1.82, 2.24) is 9.97 Å². The standard InChI is InChI=1S/C10H8Cl2N4OS/c11-5-1-4(13)2-6(12)9(5)18-10-15-7(14)3-8(17)16-10/h1-3H,13H2,(H3,14,15,16,17). The second kappa shape index (κ2) is 5.09. The van der Waals surface area contributed by atoms with E-state index in [9.17, 15) is 4.79 Å². The summed E-state index contributed by atoms with van der Waals surface area (Å²) in [5.41, 5.74) is 11.2. The van der Waals surface area contributed by atoms with Gasteiger partial charge in [0.1, 0.15) is 5.82 Å². The van der Waals surface area contributed by atoms with Crippen LogP contribution in [0.25, 0.3) is 0 Å². The molecular formula is C10H8Cl2N4OS. The van der Waals surface area contributed by atoms with Crippen molar-refractivity contribution >= 4 is 46.5 Å². The van der Waals surface area contributed by atoms with Crippen molar-refractivity contribution < 1.29 is 0 Å². The minimum absolute atomic E-state index is 0.129. The van der Waals surface area contributed by atoms with Gasteiger partial charge < -0.3 is 16.5 Å². The van der Waals surface area contributed by atoms with E-state index in [0.29, 0.717) is 25.8 Å². The Morgan fingerprint density at radius 3 is 2.33 bits per heavy atom. The molecule has 94 valence electrons. The second-order valence-corrected chi connectivity index (χ2v) is 5.20. The molecule has 0 radical (unpaired) electrons. The molecule has 18 heavy (non-hydrogen) atoms. The summed E-state index contributed by atoms with van der Waals surface area (Å²) in [6.45, 7) is 0. The first-order valence-electron chi connectivity index (χ1n) is 4.75. The van der Waals surface area contributed by atoms with Crippen LogP contribution in [0.1, 0.15) is 0 Å². The number of nitrogens with zero attached hydrogens (tertiary/aromatic N) is 1. The number of hydrogen-bond donors (Lipinski definition) is 3. The highest BCUT2D eigenvalue weighted by atomic mass is 35.5. The number of halogens is 2. The SMILES string of the molecule is Nc1cc(Cl)c(Sc2nc(N)cc(=O)[nH]2)c(Cl)c1. The quantitative estimate of drug-likeness (QED) is 0.584. The molecule has 0 aliphatic heterocycles. The maximum atomic E-state index is 11.3. The Labute approximate surface area is 116 Å². The summed E-state index contributed by atoms with van der Waals surface area (Å²) in [7, 11) is 0. The maximum absolute atomic E-state index is 11.3. The molecule has 5 nitrogen and oxygen atoms in total. The first kappa shape index (κ1) is 13.1. The van der Waals surface area contributed by atoms with Crippen molar-refractivity contribution in [2.24, 2.45) is 0 Å². The van der Waals surface area contributed by atoms with Gasteiger partial charge in [0.2, 0.25) is 0 Å². The number of anilines is 2. The Hall–Kier alpha value is -1.37. The molecule has 0 amide bonds. The highest BCUT2D eigenvalue weighted by Gasteiger charge is 2.11. The van der Waals surface area contributed by atoms with Gasteiger partial charge in [0.15, 0.2) is 5.16 Å². The molecular weight excluding hydrogens is 295 g/mol. The molecule has 8 heteroatoms. The normalized spacial score (nSPS) is 10.6. The average Bonchev–Trinajstić information content (AvgIpc) is 2.22. The van der Waals surface area contributed by atoms with Crippen LogP contribution in [0.4, 0.5) is 11.5 Å². The lowest BCUT2D eigenvalue weighted by molar-refractivity contribution is 0.945. The largest absolute Gasteiger partial charge is 0.399 e. The van der Waals surface area contributed by atoms with Crippen LogP contribution < -0.4 is 17.0 Å². The summed E-state index contributed by atoms with van der Waals surface area (Å²) < 4.78 is 0. The predicted octanol–water partition coefficient (Wildman–Crippen LogP) is 2.39. The number of aromatic amines is 1. The van der Waals surface area contributed by atoms with Gasteiger partial charge in [0.05, 0.1) is 14.9 Å². The number of H-pyrrole nitrogens is 1. The molecule has 0 aliphatic rings. The third-order valence-corrected chi connectivity index (χ3v) is 3.81. The zero-order valence-corrected chi connectivity index (χ0v) is 11.2. The Morgan fingerprint density at radius 2 is 1.78 bits per heavy atom. The van der Waals surface area contributed by atoms with Crippen LogP contribution in [0.5, 0.6) is 0 Å². The van der Waals surface area contributed by atoms with E-state index in [0.717, 1.165) is 11.8 Å². The van der Waals surface area contributed by atoms with E-state index in [1.807, 2.05) is 0 Å². The van der Waals surface area contributed by atoms with Crippen molar-refractivity contribution in [2.75, 3.05) is 11.5 Å². The van der Waals surface area contributed by atoms with E-state index < -0.39 is 0 Å². The smallest absolute Gasteiger partial charge is 0.253 e. The second-order valence-electron chi connectivity index (χ2n) is 3.39. The number of benzene rings is 1. The minimum atomic E-state index is -0.340. The van der Waals surface area contributed by atoms with Crippen molar-refractivity contribution in [1.29, 1.82) is 0 Å². The molecule has 0 spiro atoms. The number of hydrogen-bond acceptors (Lipinski definition) is 5. The lowest BCUT2D eigenvalue weighted by atomic mass is 10.3. The monoisotopic (exact) mass is 302 g/mol. The molecule has 1 heterocycles. The lowest BCUT2D eigenvalue weighted by Gasteiger charge is -2.07. The third-order valence-electron chi connectivity index (χ3n) is 1.96. The molecule has 0 fully saturated rings. The molecule has 0 atom stereocenters. The molecule has 1 aromatic carbocycles. The Balaban J connectivity index is 2.43. The Bertz CT molecular complexity index is 636. The topological polar surface area (TPSA) is 97.8 Å². The van der Waals surface area contributed by atoms with Gasteiger partial charge in [0, 0.05) is 11.8 Å². The van der Waals surface area contributed by atoms with E-state index in [1.165, 1.54) is 6.07 Å². The van der Waals surface area contributed by atoms with Gasteiger partial charge in [-0.1, -0.05) is 23.2 Å². The molecule has 0 aliphatic carbocycles. The fourth-order valence-corrected chi connectivity index (χ4v) is 2.82. The molecule has 1 aromatic heterocycles. The van der Waals surface area contributed by atoms with Crippen molar-refractivity contribution in [3.05, 3.63) is 38.6 Å². The summed E-state index contributed by atoms with van der Waals surface area (Å²) in [5, 5.41) is 1.08. The highest BCUT2D eigenvalue weighted by Crippen LogP contribution is 2.38. The summed E-state index contributed by atoms with van der Waals surface area (Å²) in [4.78, 5) is 18.3. The fraction of sp³-hybridized carbons (Fsp3) is 0. The summed E-state index contributed by atoms with van der Waals surface area (Å²) in [6.07, 6.45) is 0.